The summed E-state index contributed by atoms with van der Waals surface area (Å²) in [5, 5.41) is 0. The van der Waals surface area contributed by atoms with Gasteiger partial charge in [0.25, 0.3) is 0 Å². The molecule has 2 heteroatoms. The van der Waals surface area contributed by atoms with Crippen LogP contribution in [0.1, 0.15) is 36.8 Å². The molecule has 0 unspecified atom stereocenters. The second-order valence-corrected chi connectivity index (χ2v) is 7.10. The molecular formula is C19H20OS. The summed E-state index contributed by atoms with van der Waals surface area (Å²) in [6.45, 7) is 4.14. The number of hydrogen-bond donors (Lipinski definition) is 0. The summed E-state index contributed by atoms with van der Waals surface area (Å²) in [5.41, 5.74) is 2.13. The summed E-state index contributed by atoms with van der Waals surface area (Å²) in [6.07, 6.45) is 2.08. The van der Waals surface area contributed by atoms with Gasteiger partial charge in [0.2, 0.25) is 0 Å². The van der Waals surface area contributed by atoms with Gasteiger partial charge >= 0.3 is 0 Å². The van der Waals surface area contributed by atoms with E-state index in [1.165, 1.54) is 10.5 Å². The maximum Gasteiger partial charge on any atom is 0.147 e. The van der Waals surface area contributed by atoms with Gasteiger partial charge in [-0.2, -0.15) is 0 Å². The number of rotatable bonds is 3. The van der Waals surface area contributed by atoms with Crippen molar-refractivity contribution in [2.24, 2.45) is 5.41 Å². The summed E-state index contributed by atoms with van der Waals surface area (Å²) in [7, 11) is 0. The summed E-state index contributed by atoms with van der Waals surface area (Å²) in [4.78, 5) is 13.8. The molecule has 0 saturated heterocycles. The maximum absolute atomic E-state index is 12.6. The van der Waals surface area contributed by atoms with Crippen molar-refractivity contribution in [3.05, 3.63) is 65.7 Å². The number of carbonyl (C=O) groups is 1. The molecule has 1 saturated carbocycles. The van der Waals surface area contributed by atoms with Gasteiger partial charge in [-0.25, -0.2) is 0 Å². The Morgan fingerprint density at radius 1 is 0.905 bits per heavy atom. The Bertz CT molecular complexity index is 643. The minimum Gasteiger partial charge on any atom is -0.298 e. The van der Waals surface area contributed by atoms with Crippen LogP contribution in [0.5, 0.6) is 0 Å². The highest BCUT2D eigenvalue weighted by Crippen LogP contribution is 2.58. The van der Waals surface area contributed by atoms with Crippen LogP contribution < -0.4 is 0 Å². The fourth-order valence-corrected chi connectivity index (χ4v) is 3.86. The van der Waals surface area contributed by atoms with E-state index >= 15 is 0 Å². The van der Waals surface area contributed by atoms with Gasteiger partial charge in [-0.05, 0) is 29.5 Å². The van der Waals surface area contributed by atoms with Crippen molar-refractivity contribution >= 4 is 17.5 Å². The first kappa shape index (κ1) is 14.4. The molecule has 0 spiro atoms. The molecule has 0 aliphatic heterocycles. The minimum absolute atomic E-state index is 0.00123. The zero-order chi connectivity index (χ0) is 15.0. The third-order valence-corrected chi connectivity index (χ3v) is 5.41. The third kappa shape index (κ3) is 2.32. The lowest BCUT2D eigenvalue weighted by molar-refractivity contribution is -0.141. The van der Waals surface area contributed by atoms with Gasteiger partial charge in [0.1, 0.15) is 5.78 Å². The van der Waals surface area contributed by atoms with E-state index in [9.17, 15) is 4.79 Å². The normalized spacial score (nSPS) is 23.7. The highest BCUT2D eigenvalue weighted by atomic mass is 32.2. The summed E-state index contributed by atoms with van der Waals surface area (Å²) < 4.78 is 0. The molecular weight excluding hydrogens is 276 g/mol. The van der Waals surface area contributed by atoms with Crippen LogP contribution in [0.2, 0.25) is 0 Å². The van der Waals surface area contributed by atoms with Crippen molar-refractivity contribution in [3.8, 4) is 0 Å². The zero-order valence-electron chi connectivity index (χ0n) is 12.7. The summed E-state index contributed by atoms with van der Waals surface area (Å²) >= 11 is 1.75. The van der Waals surface area contributed by atoms with E-state index in [1.807, 2.05) is 18.2 Å². The topological polar surface area (TPSA) is 17.1 Å². The molecule has 0 bridgehead atoms. The van der Waals surface area contributed by atoms with Gasteiger partial charge in [0.05, 0.1) is 5.92 Å². The van der Waals surface area contributed by atoms with Gasteiger partial charge < -0.3 is 0 Å². The van der Waals surface area contributed by atoms with Crippen LogP contribution in [0.25, 0.3) is 0 Å². The lowest BCUT2D eigenvalue weighted by Crippen LogP contribution is -2.50. The van der Waals surface area contributed by atoms with E-state index in [4.69, 9.17) is 0 Å². The van der Waals surface area contributed by atoms with Crippen LogP contribution in [0.4, 0.5) is 0 Å². The van der Waals surface area contributed by atoms with Gasteiger partial charge in [-0.1, -0.05) is 56.3 Å². The van der Waals surface area contributed by atoms with Crippen LogP contribution >= 0.6 is 11.8 Å². The molecule has 0 radical (unpaired) electrons. The number of thioether (sulfide) groups is 1. The second-order valence-electron chi connectivity index (χ2n) is 6.23. The van der Waals surface area contributed by atoms with Gasteiger partial charge in [-0.15, -0.1) is 11.8 Å². The lowest BCUT2D eigenvalue weighted by Gasteiger charge is -2.50. The fourth-order valence-electron chi connectivity index (χ4n) is 3.45. The highest BCUT2D eigenvalue weighted by Gasteiger charge is 2.56. The van der Waals surface area contributed by atoms with Crippen molar-refractivity contribution < 1.29 is 4.79 Å². The van der Waals surface area contributed by atoms with Crippen molar-refractivity contribution in [3.63, 3.8) is 0 Å². The Balaban J connectivity index is 1.99. The molecule has 1 nitrogen and oxygen atoms in total. The number of hydrogen-bond acceptors (Lipinski definition) is 2. The first-order chi connectivity index (χ1) is 10.1. The molecule has 0 N–H and O–H groups in total. The Labute approximate surface area is 130 Å². The first-order valence-corrected chi connectivity index (χ1v) is 8.51. The number of benzene rings is 2. The molecule has 0 amide bonds. The number of ketones is 1. The predicted molar refractivity (Wildman–Crippen MR) is 88.9 cm³/mol. The van der Waals surface area contributed by atoms with Crippen LogP contribution in [-0.4, -0.2) is 12.0 Å². The van der Waals surface area contributed by atoms with Gasteiger partial charge in [0, 0.05) is 16.2 Å². The van der Waals surface area contributed by atoms with E-state index in [2.05, 4.69) is 56.5 Å². The maximum atomic E-state index is 12.6. The fraction of sp³-hybridized carbons (Fsp3) is 0.316. The molecule has 0 heterocycles. The van der Waals surface area contributed by atoms with Crippen LogP contribution in [0, 0.1) is 5.41 Å². The van der Waals surface area contributed by atoms with Crippen molar-refractivity contribution in [2.45, 2.75) is 30.6 Å². The first-order valence-electron chi connectivity index (χ1n) is 7.29. The Hall–Kier alpha value is -1.54. The lowest BCUT2D eigenvalue weighted by atomic mass is 9.51. The molecule has 2 aromatic carbocycles. The minimum atomic E-state index is -0.276. The summed E-state index contributed by atoms with van der Waals surface area (Å²) in [6, 6.07) is 18.8. The molecule has 1 fully saturated rings. The van der Waals surface area contributed by atoms with Crippen LogP contribution in [-0.2, 0) is 4.79 Å². The van der Waals surface area contributed by atoms with Gasteiger partial charge in [0.15, 0.2) is 0 Å². The van der Waals surface area contributed by atoms with E-state index in [0.717, 1.165) is 5.56 Å². The highest BCUT2D eigenvalue weighted by molar-refractivity contribution is 7.98. The Morgan fingerprint density at radius 3 is 2.10 bits per heavy atom. The Morgan fingerprint density at radius 2 is 1.52 bits per heavy atom. The molecule has 21 heavy (non-hydrogen) atoms. The smallest absolute Gasteiger partial charge is 0.147 e. The van der Waals surface area contributed by atoms with Crippen molar-refractivity contribution in [1.82, 2.24) is 0 Å². The second kappa shape index (κ2) is 5.34. The van der Waals surface area contributed by atoms with E-state index in [-0.39, 0.29) is 17.3 Å². The van der Waals surface area contributed by atoms with Crippen molar-refractivity contribution in [1.29, 1.82) is 0 Å². The predicted octanol–water partition coefficient (Wildman–Crippen LogP) is 4.88. The number of carbonyl (C=O) groups excluding carboxylic acids is 1. The molecule has 1 aliphatic carbocycles. The van der Waals surface area contributed by atoms with E-state index < -0.39 is 0 Å². The molecule has 0 aromatic heterocycles. The van der Waals surface area contributed by atoms with Crippen LogP contribution in [0.15, 0.2) is 59.5 Å². The SMILES string of the molecule is CSc1ccc([C@H]2[C@H](c3ccccc3)C(=O)C2(C)C)cc1. The third-order valence-electron chi connectivity index (χ3n) is 4.66. The van der Waals surface area contributed by atoms with Crippen molar-refractivity contribution in [2.75, 3.05) is 6.26 Å². The van der Waals surface area contributed by atoms with Crippen LogP contribution in [0.3, 0.4) is 0 Å². The standard InChI is InChI=1S/C19H20OS/c1-19(2)17(14-9-11-15(21-3)12-10-14)16(18(19)20)13-7-5-4-6-8-13/h4-12,16-17H,1-3H3/t16-,17-/m0/s1. The number of Topliss-reactive ketones (excluding diaryl/α,β-unsaturated/α-hetero) is 1. The molecule has 2 aromatic rings. The molecule has 2 atom stereocenters. The largest absolute Gasteiger partial charge is 0.298 e. The Kier molecular flexibility index (Phi) is 3.66. The molecule has 108 valence electrons. The molecule has 1 aliphatic rings. The van der Waals surface area contributed by atoms with E-state index in [0.29, 0.717) is 5.78 Å². The average molecular weight is 296 g/mol. The summed E-state index contributed by atoms with van der Waals surface area (Å²) in [5.74, 6) is 0.622. The zero-order valence-corrected chi connectivity index (χ0v) is 13.5. The average Bonchev–Trinajstić information content (AvgIpc) is 2.53. The van der Waals surface area contributed by atoms with E-state index in [1.54, 1.807) is 11.8 Å². The monoisotopic (exact) mass is 296 g/mol. The van der Waals surface area contributed by atoms with Gasteiger partial charge in [-0.3, -0.25) is 4.79 Å². The molecule has 3 rings (SSSR count). The quantitative estimate of drug-likeness (QED) is 0.751.